The van der Waals surface area contributed by atoms with Crippen LogP contribution in [0.2, 0.25) is 0 Å². The number of rotatable bonds is 7. The molecule has 7 heteroatoms. The van der Waals surface area contributed by atoms with E-state index in [1.807, 2.05) is 57.2 Å². The van der Waals surface area contributed by atoms with Crippen molar-refractivity contribution >= 4 is 11.4 Å². The largest absolute Gasteiger partial charge is 0.598 e. The molecule has 1 N–H and O–H groups in total. The van der Waals surface area contributed by atoms with E-state index in [4.69, 9.17) is 4.74 Å². The van der Waals surface area contributed by atoms with E-state index in [0.29, 0.717) is 11.3 Å². The Hall–Kier alpha value is -2.48. The summed E-state index contributed by atoms with van der Waals surface area (Å²) in [6.07, 6.45) is 1.87. The van der Waals surface area contributed by atoms with Crippen LogP contribution in [0.15, 0.2) is 60.8 Å². The van der Waals surface area contributed by atoms with Crippen molar-refractivity contribution in [2.24, 2.45) is 0 Å². The van der Waals surface area contributed by atoms with Crippen molar-refractivity contribution in [2.45, 2.75) is 38.0 Å². The molecule has 0 bridgehead atoms. The predicted molar refractivity (Wildman–Crippen MR) is 120 cm³/mol. The van der Waals surface area contributed by atoms with Gasteiger partial charge in [-0.3, -0.25) is 4.98 Å². The summed E-state index contributed by atoms with van der Waals surface area (Å²) in [6.45, 7) is 5.58. The fourth-order valence-corrected chi connectivity index (χ4v) is 3.98. The minimum absolute atomic E-state index is 0.219. The van der Waals surface area contributed by atoms with E-state index in [-0.39, 0.29) is 6.42 Å². The average Bonchev–Trinajstić information content (AvgIpc) is 2.72. The van der Waals surface area contributed by atoms with Gasteiger partial charge in [0, 0.05) is 29.2 Å². The fourth-order valence-electron chi connectivity index (χ4n) is 3.17. The molecule has 0 amide bonds. The first-order chi connectivity index (χ1) is 14.7. The molecule has 1 heterocycles. The highest BCUT2D eigenvalue weighted by atomic mass is 32.2. The number of aromatic nitrogens is 1. The summed E-state index contributed by atoms with van der Waals surface area (Å²) in [5.41, 5.74) is 2.84. The molecule has 164 valence electrons. The van der Waals surface area contributed by atoms with Gasteiger partial charge in [0.05, 0.1) is 18.8 Å². The van der Waals surface area contributed by atoms with Gasteiger partial charge in [0.2, 0.25) is 0 Å². The Morgan fingerprint density at radius 2 is 1.71 bits per heavy atom. The van der Waals surface area contributed by atoms with Crippen LogP contribution in [-0.4, -0.2) is 21.4 Å². The molecule has 0 aliphatic carbocycles. The third kappa shape index (κ3) is 6.03. The number of benzene rings is 2. The zero-order valence-corrected chi connectivity index (χ0v) is 18.8. The van der Waals surface area contributed by atoms with Crippen molar-refractivity contribution in [3.63, 3.8) is 0 Å². The molecule has 2 atom stereocenters. The van der Waals surface area contributed by atoms with Gasteiger partial charge in [-0.05, 0) is 68.7 Å². The summed E-state index contributed by atoms with van der Waals surface area (Å²) in [5.74, 6) is -0.572. The summed E-state index contributed by atoms with van der Waals surface area (Å²) >= 11 is -1.42. The highest BCUT2D eigenvalue weighted by Gasteiger charge is 2.31. The number of halogens is 2. The molecular formula is C24H26F2N2O2S. The van der Waals surface area contributed by atoms with E-state index in [2.05, 4.69) is 9.71 Å². The van der Waals surface area contributed by atoms with Gasteiger partial charge >= 0.3 is 0 Å². The van der Waals surface area contributed by atoms with Gasteiger partial charge in [-0.2, -0.15) is 0 Å². The van der Waals surface area contributed by atoms with Crippen LogP contribution in [0.25, 0.3) is 11.1 Å². The van der Waals surface area contributed by atoms with E-state index in [1.165, 1.54) is 12.1 Å². The van der Waals surface area contributed by atoms with E-state index < -0.39 is 33.8 Å². The minimum Gasteiger partial charge on any atom is -0.598 e. The Morgan fingerprint density at radius 1 is 1.06 bits per heavy atom. The Balaban J connectivity index is 2.04. The van der Waals surface area contributed by atoms with Crippen molar-refractivity contribution < 1.29 is 18.1 Å². The first-order valence-electron chi connectivity index (χ1n) is 9.89. The molecule has 1 aromatic heterocycles. The summed E-state index contributed by atoms with van der Waals surface area (Å²) in [7, 11) is 1.60. The number of methoxy groups -OCH3 is 1. The van der Waals surface area contributed by atoms with Crippen molar-refractivity contribution in [3.8, 4) is 16.9 Å². The van der Waals surface area contributed by atoms with Gasteiger partial charge in [0.15, 0.2) is 0 Å². The Kier molecular flexibility index (Phi) is 7.30. The number of hydrogen-bond donors (Lipinski definition) is 1. The summed E-state index contributed by atoms with van der Waals surface area (Å²) in [6, 6.07) is 14.2. The SMILES string of the molecule is COc1ccc(-c2cccnc2[C@@H](Cc2cc(F)cc(F)c2)N[S@@+]([O-])C(C)(C)C)cc1. The molecule has 0 spiro atoms. The van der Waals surface area contributed by atoms with Crippen LogP contribution >= 0.6 is 0 Å². The van der Waals surface area contributed by atoms with Crippen LogP contribution in [0.4, 0.5) is 8.78 Å². The van der Waals surface area contributed by atoms with Crippen LogP contribution in [0.5, 0.6) is 5.75 Å². The first-order valence-corrected chi connectivity index (χ1v) is 11.0. The zero-order chi connectivity index (χ0) is 22.6. The number of ether oxygens (including phenoxy) is 1. The van der Waals surface area contributed by atoms with Crippen LogP contribution < -0.4 is 9.46 Å². The molecule has 0 saturated carbocycles. The maximum absolute atomic E-state index is 13.8. The second kappa shape index (κ2) is 9.77. The zero-order valence-electron chi connectivity index (χ0n) is 18.0. The highest BCUT2D eigenvalue weighted by molar-refractivity contribution is 7.90. The second-order valence-electron chi connectivity index (χ2n) is 8.20. The molecule has 0 fully saturated rings. The Labute approximate surface area is 185 Å². The van der Waals surface area contributed by atoms with Gasteiger partial charge in [-0.25, -0.2) is 8.78 Å². The van der Waals surface area contributed by atoms with Gasteiger partial charge < -0.3 is 9.29 Å². The molecule has 0 aliphatic rings. The van der Waals surface area contributed by atoms with E-state index in [0.717, 1.165) is 22.9 Å². The van der Waals surface area contributed by atoms with Crippen molar-refractivity contribution in [2.75, 3.05) is 7.11 Å². The minimum atomic E-state index is -1.42. The second-order valence-corrected chi connectivity index (χ2v) is 10.2. The first kappa shape index (κ1) is 23.2. The lowest BCUT2D eigenvalue weighted by molar-refractivity contribution is 0.415. The molecule has 0 aliphatic heterocycles. The molecule has 3 rings (SSSR count). The molecular weight excluding hydrogens is 418 g/mol. The third-order valence-electron chi connectivity index (χ3n) is 4.74. The van der Waals surface area contributed by atoms with Crippen molar-refractivity contribution in [1.82, 2.24) is 9.71 Å². The van der Waals surface area contributed by atoms with E-state index in [9.17, 15) is 13.3 Å². The fraction of sp³-hybridized carbons (Fsp3) is 0.292. The number of hydrogen-bond acceptors (Lipinski definition) is 4. The average molecular weight is 445 g/mol. The molecule has 4 nitrogen and oxygen atoms in total. The predicted octanol–water partition coefficient (Wildman–Crippen LogP) is 5.37. The normalized spacial score (nSPS) is 13.6. The Morgan fingerprint density at radius 3 is 2.29 bits per heavy atom. The van der Waals surface area contributed by atoms with Crippen LogP contribution in [0.1, 0.15) is 38.1 Å². The smallest absolute Gasteiger partial charge is 0.136 e. The molecule has 2 aromatic carbocycles. The number of pyridine rings is 1. The maximum Gasteiger partial charge on any atom is 0.136 e. The highest BCUT2D eigenvalue weighted by Crippen LogP contribution is 2.31. The molecule has 31 heavy (non-hydrogen) atoms. The quantitative estimate of drug-likeness (QED) is 0.498. The van der Waals surface area contributed by atoms with Gasteiger partial charge in [0.1, 0.15) is 22.1 Å². The summed E-state index contributed by atoms with van der Waals surface area (Å²) in [5, 5.41) is 0. The van der Waals surface area contributed by atoms with E-state index >= 15 is 0 Å². The molecule has 0 saturated heterocycles. The molecule has 0 unspecified atom stereocenters. The van der Waals surface area contributed by atoms with Crippen molar-refractivity contribution in [3.05, 3.63) is 83.7 Å². The number of nitrogens with zero attached hydrogens (tertiary/aromatic N) is 1. The van der Waals surface area contributed by atoms with E-state index in [1.54, 1.807) is 13.3 Å². The third-order valence-corrected chi connectivity index (χ3v) is 6.35. The lowest BCUT2D eigenvalue weighted by Gasteiger charge is -2.28. The monoisotopic (exact) mass is 444 g/mol. The van der Waals surface area contributed by atoms with Crippen LogP contribution in [0, 0.1) is 11.6 Å². The summed E-state index contributed by atoms with van der Waals surface area (Å²) in [4.78, 5) is 4.56. The van der Waals surface area contributed by atoms with Crippen molar-refractivity contribution in [1.29, 1.82) is 0 Å². The molecule has 0 radical (unpaired) electrons. The standard InChI is InChI=1S/C24H26F2N2O2S/c1-24(2,3)31(29)28-22(14-16-12-18(25)15-19(26)13-16)23-21(6-5-11-27-23)17-7-9-20(30-4)10-8-17/h5-13,15,22,28H,14H2,1-4H3/t22-,31+/m1/s1. The lowest BCUT2D eigenvalue weighted by atomic mass is 9.96. The maximum atomic E-state index is 13.8. The van der Waals surface area contributed by atoms with Gasteiger partial charge in [-0.1, -0.05) is 18.2 Å². The van der Waals surface area contributed by atoms with Crippen LogP contribution in [-0.2, 0) is 17.8 Å². The lowest BCUT2D eigenvalue weighted by Crippen LogP contribution is -2.42. The van der Waals surface area contributed by atoms with Crippen LogP contribution in [0.3, 0.4) is 0 Å². The number of nitrogens with one attached hydrogen (secondary N) is 1. The van der Waals surface area contributed by atoms with Gasteiger partial charge in [0.25, 0.3) is 0 Å². The topological polar surface area (TPSA) is 57.2 Å². The van der Waals surface area contributed by atoms with Gasteiger partial charge in [-0.15, -0.1) is 4.72 Å². The Bertz CT molecular complexity index is 1000. The molecule has 3 aromatic rings. The summed E-state index contributed by atoms with van der Waals surface area (Å²) < 4.78 is 48.4.